The lowest BCUT2D eigenvalue weighted by Gasteiger charge is -2.15. The minimum atomic E-state index is -0.199. The number of carbonyl (C=O) groups is 1. The number of hydrogen-bond donors (Lipinski definition) is 2. The van der Waals surface area contributed by atoms with Gasteiger partial charge in [-0.25, -0.2) is 0 Å². The highest BCUT2D eigenvalue weighted by atomic mass is 35.5. The predicted molar refractivity (Wildman–Crippen MR) is 72.6 cm³/mol. The van der Waals surface area contributed by atoms with E-state index in [1.807, 2.05) is 24.4 Å². The molecule has 0 fully saturated rings. The third-order valence-electron chi connectivity index (χ3n) is 2.36. The number of halogens is 1. The average molecular weight is 279 g/mol. The second kappa shape index (κ2) is 8.47. The molecule has 6 heteroatoms. The van der Waals surface area contributed by atoms with E-state index < -0.39 is 0 Å². The van der Waals surface area contributed by atoms with Gasteiger partial charge in [-0.1, -0.05) is 6.07 Å². The number of nitrogens with two attached hydrogens (primary N) is 1. The van der Waals surface area contributed by atoms with Crippen LogP contribution in [0.4, 0.5) is 0 Å². The first-order valence-corrected chi connectivity index (χ1v) is 6.11. The van der Waals surface area contributed by atoms with Gasteiger partial charge in [0, 0.05) is 18.5 Å². The molecule has 1 aromatic rings. The Morgan fingerprint density at radius 1 is 1.65 bits per heavy atom. The standard InChI is InChI=1S/C11H18N2O2S.ClH/c1-8(10-4-3-5-16-10)13-11(14)6-9(7-12)15-2;/h3-5,8-9H,6-7,12H2,1-2H3,(H,13,14);1H. The topological polar surface area (TPSA) is 64.3 Å². The fourth-order valence-electron chi connectivity index (χ4n) is 1.38. The number of hydrogen-bond acceptors (Lipinski definition) is 4. The second-order valence-corrected chi connectivity index (χ2v) is 4.58. The van der Waals surface area contributed by atoms with E-state index in [1.165, 1.54) is 0 Å². The summed E-state index contributed by atoms with van der Waals surface area (Å²) in [5.41, 5.74) is 5.45. The molecule has 0 radical (unpaired) electrons. The molecule has 0 aliphatic rings. The summed E-state index contributed by atoms with van der Waals surface area (Å²) >= 11 is 1.63. The highest BCUT2D eigenvalue weighted by Crippen LogP contribution is 2.18. The maximum absolute atomic E-state index is 11.6. The monoisotopic (exact) mass is 278 g/mol. The first-order chi connectivity index (χ1) is 7.67. The van der Waals surface area contributed by atoms with Crippen molar-refractivity contribution in [3.63, 3.8) is 0 Å². The lowest BCUT2D eigenvalue weighted by Crippen LogP contribution is -2.33. The lowest BCUT2D eigenvalue weighted by atomic mass is 10.2. The van der Waals surface area contributed by atoms with E-state index in [2.05, 4.69) is 5.32 Å². The molecule has 0 bridgehead atoms. The van der Waals surface area contributed by atoms with Crippen LogP contribution in [0.25, 0.3) is 0 Å². The Morgan fingerprint density at radius 2 is 2.35 bits per heavy atom. The molecule has 1 aromatic heterocycles. The molecule has 0 aliphatic carbocycles. The molecule has 1 heterocycles. The van der Waals surface area contributed by atoms with Crippen LogP contribution in [-0.4, -0.2) is 25.7 Å². The summed E-state index contributed by atoms with van der Waals surface area (Å²) in [6.07, 6.45) is 0.110. The van der Waals surface area contributed by atoms with E-state index >= 15 is 0 Å². The molecule has 0 saturated heterocycles. The van der Waals surface area contributed by atoms with Crippen LogP contribution in [0.5, 0.6) is 0 Å². The van der Waals surface area contributed by atoms with E-state index in [1.54, 1.807) is 18.4 Å². The molecule has 0 saturated carbocycles. The molecule has 3 N–H and O–H groups in total. The Balaban J connectivity index is 0.00000256. The van der Waals surface area contributed by atoms with E-state index in [4.69, 9.17) is 10.5 Å². The molecule has 1 rings (SSSR count). The van der Waals surface area contributed by atoms with E-state index in [0.717, 1.165) is 4.88 Å². The number of methoxy groups -OCH3 is 1. The van der Waals surface area contributed by atoms with Gasteiger partial charge in [-0.05, 0) is 18.4 Å². The van der Waals surface area contributed by atoms with Crippen LogP contribution < -0.4 is 11.1 Å². The van der Waals surface area contributed by atoms with Gasteiger partial charge in [-0.3, -0.25) is 4.79 Å². The van der Waals surface area contributed by atoms with Crippen LogP contribution in [0.3, 0.4) is 0 Å². The van der Waals surface area contributed by atoms with E-state index in [9.17, 15) is 4.79 Å². The lowest BCUT2D eigenvalue weighted by molar-refractivity contribution is -0.124. The number of thiophene rings is 1. The van der Waals surface area contributed by atoms with Crippen molar-refractivity contribution in [2.75, 3.05) is 13.7 Å². The quantitative estimate of drug-likeness (QED) is 0.833. The van der Waals surface area contributed by atoms with Crippen molar-refractivity contribution < 1.29 is 9.53 Å². The van der Waals surface area contributed by atoms with Crippen molar-refractivity contribution in [2.45, 2.75) is 25.5 Å². The maximum atomic E-state index is 11.6. The number of rotatable bonds is 6. The minimum Gasteiger partial charge on any atom is -0.380 e. The number of ether oxygens (including phenoxy) is 1. The molecular formula is C11H19ClN2O2S. The highest BCUT2D eigenvalue weighted by Gasteiger charge is 2.14. The molecular weight excluding hydrogens is 260 g/mol. The molecule has 2 unspecified atom stereocenters. The third kappa shape index (κ3) is 5.50. The molecule has 98 valence electrons. The summed E-state index contributed by atoms with van der Waals surface area (Å²) in [6, 6.07) is 4.02. The van der Waals surface area contributed by atoms with Gasteiger partial charge in [0.1, 0.15) is 0 Å². The zero-order valence-corrected chi connectivity index (χ0v) is 11.6. The van der Waals surface area contributed by atoms with Gasteiger partial charge >= 0.3 is 0 Å². The van der Waals surface area contributed by atoms with Crippen LogP contribution >= 0.6 is 23.7 Å². The average Bonchev–Trinajstić information content (AvgIpc) is 2.79. The molecule has 1 amide bonds. The summed E-state index contributed by atoms with van der Waals surface area (Å²) in [7, 11) is 1.56. The molecule has 17 heavy (non-hydrogen) atoms. The number of carbonyl (C=O) groups excluding carboxylic acids is 1. The number of amides is 1. The Labute approximate surface area is 112 Å². The van der Waals surface area contributed by atoms with Crippen LogP contribution in [-0.2, 0) is 9.53 Å². The second-order valence-electron chi connectivity index (χ2n) is 3.60. The van der Waals surface area contributed by atoms with Gasteiger partial charge in [-0.15, -0.1) is 23.7 Å². The fraction of sp³-hybridized carbons (Fsp3) is 0.545. The molecule has 4 nitrogen and oxygen atoms in total. The first kappa shape index (κ1) is 16.4. The Kier molecular flexibility index (Phi) is 8.16. The first-order valence-electron chi connectivity index (χ1n) is 5.23. The van der Waals surface area contributed by atoms with Crippen LogP contribution in [0, 0.1) is 0 Å². The van der Waals surface area contributed by atoms with Gasteiger partial charge in [-0.2, -0.15) is 0 Å². The van der Waals surface area contributed by atoms with E-state index in [0.29, 0.717) is 13.0 Å². The van der Waals surface area contributed by atoms with Crippen LogP contribution in [0.1, 0.15) is 24.3 Å². The molecule has 0 spiro atoms. The normalized spacial score (nSPS) is 13.6. The summed E-state index contributed by atoms with van der Waals surface area (Å²) < 4.78 is 5.06. The SMILES string of the molecule is COC(CN)CC(=O)NC(C)c1cccs1.Cl. The Morgan fingerprint density at radius 3 is 2.82 bits per heavy atom. The smallest absolute Gasteiger partial charge is 0.223 e. The van der Waals surface area contributed by atoms with E-state index in [-0.39, 0.29) is 30.5 Å². The third-order valence-corrected chi connectivity index (χ3v) is 3.41. The summed E-state index contributed by atoms with van der Waals surface area (Å²) in [5.74, 6) is -0.0294. The van der Waals surface area contributed by atoms with Crippen molar-refractivity contribution in [1.29, 1.82) is 0 Å². The van der Waals surface area contributed by atoms with Gasteiger partial charge < -0.3 is 15.8 Å². The van der Waals surface area contributed by atoms with Gasteiger partial charge in [0.15, 0.2) is 0 Å². The minimum absolute atomic E-state index is 0. The van der Waals surface area contributed by atoms with Gasteiger partial charge in [0.2, 0.25) is 5.91 Å². The van der Waals surface area contributed by atoms with Crippen molar-refractivity contribution in [1.82, 2.24) is 5.32 Å². The van der Waals surface area contributed by atoms with Crippen LogP contribution in [0.15, 0.2) is 17.5 Å². The summed E-state index contributed by atoms with van der Waals surface area (Å²) in [5, 5.41) is 4.91. The highest BCUT2D eigenvalue weighted by molar-refractivity contribution is 7.10. The van der Waals surface area contributed by atoms with Crippen molar-refractivity contribution in [3.8, 4) is 0 Å². The zero-order valence-electron chi connectivity index (χ0n) is 10.0. The Hall–Kier alpha value is -0.620. The Bertz CT molecular complexity index is 315. The fourth-order valence-corrected chi connectivity index (χ4v) is 2.11. The number of nitrogens with one attached hydrogen (secondary N) is 1. The zero-order chi connectivity index (χ0) is 12.0. The maximum Gasteiger partial charge on any atom is 0.223 e. The predicted octanol–water partition coefficient (Wildman–Crippen LogP) is 1.71. The molecule has 2 atom stereocenters. The van der Waals surface area contributed by atoms with Crippen molar-refractivity contribution in [2.24, 2.45) is 5.73 Å². The largest absolute Gasteiger partial charge is 0.380 e. The van der Waals surface area contributed by atoms with Gasteiger partial charge in [0.05, 0.1) is 18.6 Å². The molecule has 0 aliphatic heterocycles. The van der Waals surface area contributed by atoms with Crippen molar-refractivity contribution >= 4 is 29.7 Å². The molecule has 0 aromatic carbocycles. The van der Waals surface area contributed by atoms with Gasteiger partial charge in [0.25, 0.3) is 0 Å². The van der Waals surface area contributed by atoms with Crippen LogP contribution in [0.2, 0.25) is 0 Å². The summed E-state index contributed by atoms with van der Waals surface area (Å²) in [6.45, 7) is 2.32. The van der Waals surface area contributed by atoms with Crippen molar-refractivity contribution in [3.05, 3.63) is 22.4 Å². The summed E-state index contributed by atoms with van der Waals surface area (Å²) in [4.78, 5) is 12.8.